The van der Waals surface area contributed by atoms with Gasteiger partial charge < -0.3 is 10.1 Å². The normalized spacial score (nSPS) is 10.9. The van der Waals surface area contributed by atoms with E-state index in [0.717, 1.165) is 23.3 Å². The second kappa shape index (κ2) is 8.18. The molecule has 0 aliphatic rings. The van der Waals surface area contributed by atoms with Crippen molar-refractivity contribution in [1.82, 2.24) is 15.0 Å². The maximum absolute atomic E-state index is 14.1. The molecule has 0 amide bonds. The van der Waals surface area contributed by atoms with Crippen LogP contribution in [0.1, 0.15) is 11.1 Å². The van der Waals surface area contributed by atoms with E-state index >= 15 is 0 Å². The van der Waals surface area contributed by atoms with Gasteiger partial charge in [0.2, 0.25) is 5.88 Å². The Bertz CT molecular complexity index is 1150. The summed E-state index contributed by atoms with van der Waals surface area (Å²) < 4.78 is 33.7. The highest BCUT2D eigenvalue weighted by Gasteiger charge is 2.12. The van der Waals surface area contributed by atoms with Crippen LogP contribution in [0.4, 0.5) is 14.6 Å². The maximum atomic E-state index is 14.1. The number of hydrogen-bond acceptors (Lipinski definition) is 5. The van der Waals surface area contributed by atoms with Gasteiger partial charge in [0, 0.05) is 18.8 Å². The fourth-order valence-corrected chi connectivity index (χ4v) is 2.97. The number of aromatic nitrogens is 3. The smallest absolute Gasteiger partial charge is 0.219 e. The molecule has 0 spiro atoms. The molecule has 4 aromatic rings. The molecule has 0 unspecified atom stereocenters. The molecule has 0 saturated heterocycles. The molecule has 2 aromatic carbocycles. The van der Waals surface area contributed by atoms with Crippen molar-refractivity contribution in [2.45, 2.75) is 13.3 Å². The van der Waals surface area contributed by atoms with Crippen LogP contribution in [-0.2, 0) is 6.42 Å². The van der Waals surface area contributed by atoms with Gasteiger partial charge in [-0.25, -0.2) is 23.7 Å². The number of nitrogens with zero attached hydrogens (tertiary/aromatic N) is 3. The van der Waals surface area contributed by atoms with Crippen LogP contribution in [-0.4, -0.2) is 21.5 Å². The lowest BCUT2D eigenvalue weighted by molar-refractivity contribution is 0.462. The Morgan fingerprint density at radius 2 is 1.72 bits per heavy atom. The molecule has 0 saturated carbocycles. The van der Waals surface area contributed by atoms with Crippen molar-refractivity contribution in [1.29, 1.82) is 0 Å². The van der Waals surface area contributed by atoms with Crippen LogP contribution in [0.5, 0.6) is 11.6 Å². The molecule has 0 bridgehead atoms. The number of ether oxygens (including phenoxy) is 1. The highest BCUT2D eigenvalue weighted by atomic mass is 19.1. The zero-order valence-electron chi connectivity index (χ0n) is 15.7. The molecule has 5 nitrogen and oxygen atoms in total. The Morgan fingerprint density at radius 1 is 0.931 bits per heavy atom. The first-order valence-corrected chi connectivity index (χ1v) is 9.12. The Kier molecular flexibility index (Phi) is 5.29. The number of anilines is 1. The van der Waals surface area contributed by atoms with Gasteiger partial charge in [0.25, 0.3) is 0 Å². The minimum atomic E-state index is -0.578. The Balaban J connectivity index is 1.40. The molecule has 29 heavy (non-hydrogen) atoms. The molecule has 2 heterocycles. The molecule has 0 aliphatic heterocycles. The van der Waals surface area contributed by atoms with E-state index in [1.54, 1.807) is 6.20 Å². The number of pyridine rings is 1. The number of nitrogens with one attached hydrogen (secondary N) is 1. The second-order valence-corrected chi connectivity index (χ2v) is 6.57. The minimum Gasteiger partial charge on any atom is -0.439 e. The molecule has 7 heteroatoms. The van der Waals surface area contributed by atoms with Gasteiger partial charge in [-0.2, -0.15) is 0 Å². The average molecular weight is 392 g/mol. The topological polar surface area (TPSA) is 59.9 Å². The molecule has 0 radical (unpaired) electrons. The number of rotatable bonds is 6. The summed E-state index contributed by atoms with van der Waals surface area (Å²) >= 11 is 0. The third-order valence-electron chi connectivity index (χ3n) is 4.43. The first-order valence-electron chi connectivity index (χ1n) is 9.12. The molecule has 0 atom stereocenters. The van der Waals surface area contributed by atoms with Gasteiger partial charge >= 0.3 is 0 Å². The van der Waals surface area contributed by atoms with E-state index in [1.165, 1.54) is 6.33 Å². The van der Waals surface area contributed by atoms with Gasteiger partial charge in [0.15, 0.2) is 0 Å². The predicted molar refractivity (Wildman–Crippen MR) is 107 cm³/mol. The van der Waals surface area contributed by atoms with E-state index in [-0.39, 0.29) is 16.7 Å². The standard InChI is InChI=1S/C22H18F2N4O/c1-14-8-10-25-19(12-14)29-16-4-2-15(3-5-16)9-11-26-22-20-17(23)6-7-18(24)21(20)27-13-28-22/h2-8,10,12-13H,9,11H2,1H3,(H,26,27,28). The van der Waals surface area contributed by atoms with Crippen molar-refractivity contribution >= 4 is 16.7 Å². The maximum Gasteiger partial charge on any atom is 0.219 e. The molecular weight excluding hydrogens is 374 g/mol. The summed E-state index contributed by atoms with van der Waals surface area (Å²) in [6.45, 7) is 2.48. The predicted octanol–water partition coefficient (Wildman–Crippen LogP) is 5.06. The van der Waals surface area contributed by atoms with E-state index < -0.39 is 11.6 Å². The molecule has 2 aromatic heterocycles. The first-order chi connectivity index (χ1) is 14.1. The third kappa shape index (κ3) is 4.29. The number of fused-ring (bicyclic) bond motifs is 1. The lowest BCUT2D eigenvalue weighted by atomic mass is 10.1. The highest BCUT2D eigenvalue weighted by Crippen LogP contribution is 2.25. The number of halogens is 2. The van der Waals surface area contributed by atoms with Crippen LogP contribution in [0.25, 0.3) is 10.9 Å². The van der Waals surface area contributed by atoms with Crippen molar-refractivity contribution in [3.8, 4) is 11.6 Å². The van der Waals surface area contributed by atoms with E-state index in [2.05, 4.69) is 20.3 Å². The molecule has 0 aliphatic carbocycles. The fourth-order valence-electron chi connectivity index (χ4n) is 2.97. The third-order valence-corrected chi connectivity index (χ3v) is 4.43. The van der Waals surface area contributed by atoms with Crippen molar-refractivity contribution in [3.63, 3.8) is 0 Å². The largest absolute Gasteiger partial charge is 0.439 e. The van der Waals surface area contributed by atoms with E-state index in [9.17, 15) is 8.78 Å². The Morgan fingerprint density at radius 3 is 2.52 bits per heavy atom. The summed E-state index contributed by atoms with van der Waals surface area (Å²) in [7, 11) is 0. The summed E-state index contributed by atoms with van der Waals surface area (Å²) in [6, 6.07) is 13.5. The lowest BCUT2D eigenvalue weighted by Crippen LogP contribution is -2.08. The highest BCUT2D eigenvalue weighted by molar-refractivity contribution is 5.89. The quantitative estimate of drug-likeness (QED) is 0.497. The number of aryl methyl sites for hydroxylation is 1. The van der Waals surface area contributed by atoms with Crippen LogP contribution in [0, 0.1) is 18.6 Å². The van der Waals surface area contributed by atoms with Crippen molar-refractivity contribution in [2.75, 3.05) is 11.9 Å². The van der Waals surface area contributed by atoms with Gasteiger partial charge in [-0.05, 0) is 54.8 Å². The van der Waals surface area contributed by atoms with Crippen LogP contribution >= 0.6 is 0 Å². The average Bonchev–Trinajstić information content (AvgIpc) is 2.72. The molecular formula is C22H18F2N4O. The Labute approximate surface area is 166 Å². The Hall–Kier alpha value is -3.61. The van der Waals surface area contributed by atoms with Gasteiger partial charge in [-0.3, -0.25) is 0 Å². The number of benzene rings is 2. The van der Waals surface area contributed by atoms with Crippen molar-refractivity contribution in [2.24, 2.45) is 0 Å². The fraction of sp³-hybridized carbons (Fsp3) is 0.136. The SMILES string of the molecule is Cc1ccnc(Oc2ccc(CCNc3ncnc4c(F)ccc(F)c34)cc2)c1. The summed E-state index contributed by atoms with van der Waals surface area (Å²) in [5, 5.41) is 3.12. The van der Waals surface area contributed by atoms with E-state index in [0.29, 0.717) is 24.6 Å². The lowest BCUT2D eigenvalue weighted by Gasteiger charge is -2.10. The van der Waals surface area contributed by atoms with Gasteiger partial charge in [-0.1, -0.05) is 12.1 Å². The summed E-state index contributed by atoms with van der Waals surface area (Å²) in [4.78, 5) is 12.1. The molecule has 1 N–H and O–H groups in total. The van der Waals surface area contributed by atoms with Crippen LogP contribution in [0.3, 0.4) is 0 Å². The van der Waals surface area contributed by atoms with Crippen molar-refractivity contribution < 1.29 is 13.5 Å². The van der Waals surface area contributed by atoms with Crippen LogP contribution in [0.2, 0.25) is 0 Å². The van der Waals surface area contributed by atoms with Gasteiger partial charge in [0.1, 0.15) is 35.0 Å². The zero-order chi connectivity index (χ0) is 20.2. The second-order valence-electron chi connectivity index (χ2n) is 6.57. The molecule has 0 fully saturated rings. The summed E-state index contributed by atoms with van der Waals surface area (Å²) in [6.07, 6.45) is 3.60. The van der Waals surface area contributed by atoms with E-state index in [1.807, 2.05) is 43.3 Å². The van der Waals surface area contributed by atoms with Gasteiger partial charge in [0.05, 0.1) is 5.39 Å². The molecule has 4 rings (SSSR count). The van der Waals surface area contributed by atoms with Crippen molar-refractivity contribution in [3.05, 3.63) is 83.8 Å². The van der Waals surface area contributed by atoms with E-state index in [4.69, 9.17) is 4.74 Å². The van der Waals surface area contributed by atoms with Crippen LogP contribution < -0.4 is 10.1 Å². The van der Waals surface area contributed by atoms with Crippen LogP contribution in [0.15, 0.2) is 61.1 Å². The molecule has 146 valence electrons. The zero-order valence-corrected chi connectivity index (χ0v) is 15.7. The first kappa shape index (κ1) is 18.7. The summed E-state index contributed by atoms with van der Waals surface area (Å²) in [5.41, 5.74) is 2.10. The summed E-state index contributed by atoms with van der Waals surface area (Å²) in [5.74, 6) is 0.377. The van der Waals surface area contributed by atoms with Gasteiger partial charge in [-0.15, -0.1) is 0 Å². The monoisotopic (exact) mass is 392 g/mol. The minimum absolute atomic E-state index is 0.0336. The number of hydrogen-bond donors (Lipinski definition) is 1.